The monoisotopic (exact) mass is 385 g/mol. The highest BCUT2D eigenvalue weighted by molar-refractivity contribution is 5.95. The Kier molecular flexibility index (Phi) is 6.81. The van der Waals surface area contributed by atoms with Gasteiger partial charge in [-0.25, -0.2) is 4.79 Å². The Bertz CT molecular complexity index is 739. The number of nitrogens with zero attached hydrogens (tertiary/aromatic N) is 1. The second-order valence-electron chi connectivity index (χ2n) is 7.44. The number of aromatic carboxylic acids is 1. The van der Waals surface area contributed by atoms with Gasteiger partial charge in [-0.3, -0.25) is 9.59 Å². The molecule has 7 nitrogen and oxygen atoms in total. The van der Waals surface area contributed by atoms with Gasteiger partial charge in [-0.15, -0.1) is 0 Å². The van der Waals surface area contributed by atoms with Gasteiger partial charge in [-0.05, 0) is 75.0 Å². The number of rotatable bonds is 5. The Labute approximate surface area is 164 Å². The third-order valence-electron chi connectivity index (χ3n) is 5.40. The topological polar surface area (TPSA) is 98.7 Å². The van der Waals surface area contributed by atoms with E-state index in [9.17, 15) is 14.4 Å². The first-order chi connectivity index (χ1) is 13.5. The molecule has 2 amide bonds. The largest absolute Gasteiger partial charge is 0.478 e. The summed E-state index contributed by atoms with van der Waals surface area (Å²) in [4.78, 5) is 37.7. The van der Waals surface area contributed by atoms with Crippen LogP contribution in [0.5, 0.6) is 0 Å². The lowest BCUT2D eigenvalue weighted by Gasteiger charge is -2.31. The molecular formula is C21H27N3O4. The number of carboxylic acids is 1. The normalized spacial score (nSPS) is 20.9. The van der Waals surface area contributed by atoms with Crippen molar-refractivity contribution in [3.8, 4) is 0 Å². The zero-order chi connectivity index (χ0) is 19.9. The summed E-state index contributed by atoms with van der Waals surface area (Å²) in [6.07, 6.45) is 7.31. The molecule has 2 aliphatic rings. The van der Waals surface area contributed by atoms with Gasteiger partial charge < -0.3 is 20.6 Å². The Morgan fingerprint density at radius 1 is 1.11 bits per heavy atom. The quantitative estimate of drug-likeness (QED) is 0.675. The Hall–Kier alpha value is -2.67. The molecule has 0 saturated carbocycles. The van der Waals surface area contributed by atoms with Crippen LogP contribution in [-0.4, -0.2) is 54.0 Å². The van der Waals surface area contributed by atoms with Crippen molar-refractivity contribution in [3.63, 3.8) is 0 Å². The highest BCUT2D eigenvalue weighted by atomic mass is 16.4. The maximum atomic E-state index is 12.6. The summed E-state index contributed by atoms with van der Waals surface area (Å²) in [5, 5.41) is 15.1. The van der Waals surface area contributed by atoms with E-state index >= 15 is 0 Å². The second kappa shape index (κ2) is 9.50. The molecule has 2 saturated heterocycles. The molecule has 150 valence electrons. The smallest absolute Gasteiger partial charge is 0.335 e. The highest BCUT2D eigenvalue weighted by Crippen LogP contribution is 2.20. The van der Waals surface area contributed by atoms with Gasteiger partial charge in [0.2, 0.25) is 11.8 Å². The molecule has 7 heteroatoms. The summed E-state index contributed by atoms with van der Waals surface area (Å²) in [6, 6.07) is 6.07. The van der Waals surface area contributed by atoms with Gasteiger partial charge in [0.15, 0.2) is 0 Å². The van der Waals surface area contributed by atoms with E-state index in [-0.39, 0.29) is 23.3 Å². The number of piperidine rings is 2. The third kappa shape index (κ3) is 5.42. The Morgan fingerprint density at radius 2 is 1.82 bits per heavy atom. The summed E-state index contributed by atoms with van der Waals surface area (Å²) >= 11 is 0. The van der Waals surface area contributed by atoms with Crippen LogP contribution in [0.1, 0.15) is 36.0 Å². The zero-order valence-electron chi connectivity index (χ0n) is 15.9. The molecule has 1 aromatic rings. The van der Waals surface area contributed by atoms with E-state index in [1.807, 2.05) is 6.08 Å². The van der Waals surface area contributed by atoms with Crippen LogP contribution in [-0.2, 0) is 9.59 Å². The summed E-state index contributed by atoms with van der Waals surface area (Å²) in [6.45, 7) is 3.06. The molecule has 1 aromatic carbocycles. The van der Waals surface area contributed by atoms with Crippen molar-refractivity contribution in [2.45, 2.75) is 25.7 Å². The molecule has 3 N–H and O–H groups in total. The van der Waals surface area contributed by atoms with Gasteiger partial charge >= 0.3 is 5.97 Å². The van der Waals surface area contributed by atoms with Crippen LogP contribution in [0.4, 0.5) is 5.69 Å². The van der Waals surface area contributed by atoms with Gasteiger partial charge in [0.25, 0.3) is 0 Å². The SMILES string of the molecule is O=C(O)c1ccc(NC(=O)[C@@H]2CCCN(C(=O)C=CC3CCNCC3)C2)cc1. The molecule has 28 heavy (non-hydrogen) atoms. The van der Waals surface area contributed by atoms with Crippen LogP contribution in [0, 0.1) is 11.8 Å². The minimum atomic E-state index is -1.00. The second-order valence-corrected chi connectivity index (χ2v) is 7.44. The van der Waals surface area contributed by atoms with Crippen molar-refractivity contribution in [1.82, 2.24) is 10.2 Å². The predicted molar refractivity (Wildman–Crippen MR) is 106 cm³/mol. The average Bonchev–Trinajstić information content (AvgIpc) is 2.73. The highest BCUT2D eigenvalue weighted by Gasteiger charge is 2.27. The van der Waals surface area contributed by atoms with Crippen LogP contribution in [0.25, 0.3) is 0 Å². The molecule has 0 aliphatic carbocycles. The minimum Gasteiger partial charge on any atom is -0.478 e. The lowest BCUT2D eigenvalue weighted by molar-refractivity contribution is -0.130. The first-order valence-electron chi connectivity index (χ1n) is 9.85. The average molecular weight is 385 g/mol. The molecule has 2 aliphatic heterocycles. The molecule has 2 heterocycles. The molecule has 0 spiro atoms. The summed E-state index contributed by atoms with van der Waals surface area (Å²) in [5.74, 6) is -0.978. The molecule has 0 unspecified atom stereocenters. The third-order valence-corrected chi connectivity index (χ3v) is 5.40. The van der Waals surface area contributed by atoms with Gasteiger partial charge in [0.05, 0.1) is 11.5 Å². The van der Waals surface area contributed by atoms with Crippen LogP contribution >= 0.6 is 0 Å². The number of likely N-dealkylation sites (tertiary alicyclic amines) is 1. The van der Waals surface area contributed by atoms with Crippen molar-refractivity contribution in [2.75, 3.05) is 31.5 Å². The van der Waals surface area contributed by atoms with Gasteiger partial charge in [0, 0.05) is 18.8 Å². The molecule has 0 aromatic heterocycles. The maximum Gasteiger partial charge on any atom is 0.335 e. The summed E-state index contributed by atoms with van der Waals surface area (Å²) in [7, 11) is 0. The van der Waals surface area contributed by atoms with Crippen molar-refractivity contribution >= 4 is 23.5 Å². The molecule has 2 fully saturated rings. The number of nitrogens with one attached hydrogen (secondary N) is 2. The number of amides is 2. The lowest BCUT2D eigenvalue weighted by Crippen LogP contribution is -2.43. The maximum absolute atomic E-state index is 12.6. The first kappa shape index (κ1) is 20.1. The van der Waals surface area contributed by atoms with E-state index in [1.54, 1.807) is 23.1 Å². The number of hydrogen-bond acceptors (Lipinski definition) is 4. The molecule has 0 bridgehead atoms. The number of benzene rings is 1. The fraction of sp³-hybridized carbons (Fsp3) is 0.476. The summed E-state index contributed by atoms with van der Waals surface area (Å²) < 4.78 is 0. The van der Waals surface area contributed by atoms with Gasteiger partial charge in [-0.2, -0.15) is 0 Å². The number of anilines is 1. The number of allylic oxidation sites excluding steroid dienone is 1. The van der Waals surface area contributed by atoms with E-state index in [4.69, 9.17) is 5.11 Å². The number of carbonyl (C=O) groups excluding carboxylic acids is 2. The van der Waals surface area contributed by atoms with E-state index in [0.29, 0.717) is 24.7 Å². The van der Waals surface area contributed by atoms with Crippen LogP contribution < -0.4 is 10.6 Å². The van der Waals surface area contributed by atoms with Crippen molar-refractivity contribution in [2.24, 2.45) is 11.8 Å². The standard InChI is InChI=1S/C21H27N3O4/c25-19(8-3-15-9-11-22-12-10-15)24-13-1-2-17(14-24)20(26)23-18-6-4-16(5-7-18)21(27)28/h3-8,15,17,22H,1-2,9-14H2,(H,23,26)(H,27,28)/t17-/m1/s1. The van der Waals surface area contributed by atoms with Crippen molar-refractivity contribution < 1.29 is 19.5 Å². The van der Waals surface area contributed by atoms with E-state index in [1.165, 1.54) is 12.1 Å². The minimum absolute atomic E-state index is 0.0261. The number of carboxylic acid groups (broad SMARTS) is 1. The van der Waals surface area contributed by atoms with Crippen LogP contribution in [0.3, 0.4) is 0 Å². The van der Waals surface area contributed by atoms with E-state index < -0.39 is 5.97 Å². The van der Waals surface area contributed by atoms with Crippen molar-refractivity contribution in [1.29, 1.82) is 0 Å². The fourth-order valence-electron chi connectivity index (χ4n) is 3.69. The Morgan fingerprint density at radius 3 is 2.50 bits per heavy atom. The molecule has 1 atom stereocenters. The van der Waals surface area contributed by atoms with Crippen LogP contribution in [0.2, 0.25) is 0 Å². The van der Waals surface area contributed by atoms with Gasteiger partial charge in [-0.1, -0.05) is 6.08 Å². The summed E-state index contributed by atoms with van der Waals surface area (Å²) in [5.41, 5.74) is 0.734. The number of carbonyl (C=O) groups is 3. The van der Waals surface area contributed by atoms with E-state index in [2.05, 4.69) is 10.6 Å². The molecule has 0 radical (unpaired) electrons. The predicted octanol–water partition coefficient (Wildman–Crippen LogP) is 2.12. The van der Waals surface area contributed by atoms with Crippen LogP contribution in [0.15, 0.2) is 36.4 Å². The van der Waals surface area contributed by atoms with Gasteiger partial charge in [0.1, 0.15) is 0 Å². The zero-order valence-corrected chi connectivity index (χ0v) is 15.9. The molecule has 3 rings (SSSR count). The first-order valence-corrected chi connectivity index (χ1v) is 9.85. The molecular weight excluding hydrogens is 358 g/mol. The van der Waals surface area contributed by atoms with E-state index in [0.717, 1.165) is 38.8 Å². The lowest BCUT2D eigenvalue weighted by atomic mass is 9.96. The fourth-order valence-corrected chi connectivity index (χ4v) is 3.69. The number of hydrogen-bond donors (Lipinski definition) is 3. The van der Waals surface area contributed by atoms with Crippen molar-refractivity contribution in [3.05, 3.63) is 42.0 Å². The Balaban J connectivity index is 1.53.